The minimum Gasteiger partial charge on any atom is -0.459 e. The van der Waals surface area contributed by atoms with Crippen molar-refractivity contribution in [2.75, 3.05) is 12.4 Å². The van der Waals surface area contributed by atoms with Gasteiger partial charge in [-0.1, -0.05) is 9.97 Å². The van der Waals surface area contributed by atoms with Gasteiger partial charge < -0.3 is 15.8 Å². The van der Waals surface area contributed by atoms with Crippen molar-refractivity contribution >= 4 is 23.8 Å². The number of amides is 1. The Hall–Kier alpha value is -2.45. The molecule has 0 bridgehead atoms. The van der Waals surface area contributed by atoms with Crippen LogP contribution in [0, 0.1) is 0 Å². The highest BCUT2D eigenvalue weighted by atomic mass is 16.5. The smallest absolute Gasteiger partial charge is 0.370 e. The van der Waals surface area contributed by atoms with Crippen molar-refractivity contribution in [3.8, 4) is 6.01 Å². The molecular formula is C11H18N7O2+. The van der Waals surface area contributed by atoms with E-state index in [1.807, 2.05) is 13.8 Å². The lowest BCUT2D eigenvalue weighted by Gasteiger charge is -2.09. The van der Waals surface area contributed by atoms with Crippen LogP contribution < -0.4 is 21.1 Å². The van der Waals surface area contributed by atoms with Gasteiger partial charge in [-0.3, -0.25) is 4.79 Å². The fourth-order valence-electron chi connectivity index (χ4n) is 1.77. The van der Waals surface area contributed by atoms with Crippen molar-refractivity contribution in [1.82, 2.24) is 20.3 Å². The number of guanidine groups is 1. The molecule has 0 spiro atoms. The number of hydrogen-bond donors (Lipinski definition) is 3. The van der Waals surface area contributed by atoms with Gasteiger partial charge in [-0.05, 0) is 20.8 Å². The van der Waals surface area contributed by atoms with Gasteiger partial charge in [-0.15, -0.1) is 4.98 Å². The van der Waals surface area contributed by atoms with E-state index in [1.54, 1.807) is 6.92 Å². The average Bonchev–Trinajstić information content (AvgIpc) is 2.62. The number of methoxy groups -OCH3 is 1. The van der Waals surface area contributed by atoms with E-state index in [9.17, 15) is 4.79 Å². The Balaban J connectivity index is 2.46. The first-order valence-electron chi connectivity index (χ1n) is 6.21. The summed E-state index contributed by atoms with van der Waals surface area (Å²) in [5, 5.41) is 5.59. The standard InChI is InChI=1S/C11H17N7O2/c1-5(2)13-9-15-10(17-11(16-9)20-4)18-6(3)7(19)14-8(18)12/h5-6H,1-4H3,(H3,12,13,14,15,16,17,19)/p+1/t6-/m0/s1. The van der Waals surface area contributed by atoms with Crippen molar-refractivity contribution in [3.05, 3.63) is 0 Å². The lowest BCUT2D eigenvalue weighted by atomic mass is 10.3. The third-order valence-corrected chi connectivity index (χ3v) is 2.70. The molecule has 108 valence electrons. The number of rotatable bonds is 4. The molecule has 0 aliphatic carbocycles. The van der Waals surface area contributed by atoms with E-state index < -0.39 is 6.04 Å². The molecule has 1 aromatic rings. The van der Waals surface area contributed by atoms with Crippen LogP contribution in [0.2, 0.25) is 0 Å². The van der Waals surface area contributed by atoms with E-state index >= 15 is 0 Å². The number of anilines is 1. The van der Waals surface area contributed by atoms with Gasteiger partial charge in [0.15, 0.2) is 6.04 Å². The van der Waals surface area contributed by atoms with Crippen LogP contribution in [0.3, 0.4) is 0 Å². The van der Waals surface area contributed by atoms with Crippen LogP contribution in [0.25, 0.3) is 0 Å². The van der Waals surface area contributed by atoms with Gasteiger partial charge >= 0.3 is 12.0 Å². The number of carbonyl (C=O) groups excluding carboxylic acids is 1. The van der Waals surface area contributed by atoms with Crippen LogP contribution in [-0.2, 0) is 4.79 Å². The van der Waals surface area contributed by atoms with Crippen LogP contribution in [0.5, 0.6) is 6.01 Å². The van der Waals surface area contributed by atoms with Crippen molar-refractivity contribution < 1.29 is 14.1 Å². The highest BCUT2D eigenvalue weighted by molar-refractivity contribution is 5.99. The minimum absolute atomic E-state index is 0.145. The molecule has 2 heterocycles. The van der Waals surface area contributed by atoms with Crippen LogP contribution >= 0.6 is 0 Å². The van der Waals surface area contributed by atoms with Gasteiger partial charge in [0.05, 0.1) is 7.11 Å². The minimum atomic E-state index is -0.492. The monoisotopic (exact) mass is 280 g/mol. The first-order chi connectivity index (χ1) is 9.42. The van der Waals surface area contributed by atoms with Crippen LogP contribution in [-0.4, -0.2) is 50.6 Å². The molecule has 0 saturated heterocycles. The summed E-state index contributed by atoms with van der Waals surface area (Å²) >= 11 is 0. The highest BCUT2D eigenvalue weighted by Gasteiger charge is 2.35. The Morgan fingerprint density at radius 1 is 1.40 bits per heavy atom. The van der Waals surface area contributed by atoms with Gasteiger partial charge in [0.2, 0.25) is 0 Å². The average molecular weight is 280 g/mol. The van der Waals surface area contributed by atoms with E-state index in [4.69, 9.17) is 10.5 Å². The number of nitrogens with two attached hydrogens (primary N) is 1. The van der Waals surface area contributed by atoms with Crippen molar-refractivity contribution in [1.29, 1.82) is 0 Å². The zero-order valence-electron chi connectivity index (χ0n) is 11.8. The molecule has 0 fully saturated rings. The normalized spacial score (nSPS) is 18.4. The summed E-state index contributed by atoms with van der Waals surface area (Å²) in [6, 6.07) is -0.196. The molecule has 1 amide bonds. The van der Waals surface area contributed by atoms with Gasteiger partial charge in [0, 0.05) is 6.04 Å². The molecule has 1 atom stereocenters. The number of nitrogens with one attached hydrogen (secondary N) is 2. The molecular weight excluding hydrogens is 262 g/mol. The summed E-state index contributed by atoms with van der Waals surface area (Å²) in [4.78, 5) is 24.1. The summed E-state index contributed by atoms with van der Waals surface area (Å²) in [5.74, 6) is 0.594. The van der Waals surface area contributed by atoms with E-state index in [0.29, 0.717) is 5.95 Å². The second kappa shape index (κ2) is 5.27. The number of carbonyl (C=O) groups is 1. The Labute approximate surface area is 116 Å². The molecule has 1 aliphatic heterocycles. The SMILES string of the molecule is COc1nc(NC(C)C)nc([N+]2=C(N)NC(=O)[C@@H]2C)n1. The lowest BCUT2D eigenvalue weighted by Crippen LogP contribution is -2.33. The molecule has 1 aromatic heterocycles. The fourth-order valence-corrected chi connectivity index (χ4v) is 1.77. The maximum Gasteiger partial charge on any atom is 0.370 e. The number of hydrogen-bond acceptors (Lipinski definition) is 7. The summed E-state index contributed by atoms with van der Waals surface area (Å²) in [6.07, 6.45) is 0. The largest absolute Gasteiger partial charge is 0.459 e. The van der Waals surface area contributed by atoms with Gasteiger partial charge in [0.25, 0.3) is 17.8 Å². The van der Waals surface area contributed by atoms with Gasteiger partial charge in [-0.25, -0.2) is 9.89 Å². The summed E-state index contributed by atoms with van der Waals surface area (Å²) in [7, 11) is 1.46. The molecule has 9 heteroatoms. The fraction of sp³-hybridized carbons (Fsp3) is 0.545. The first kappa shape index (κ1) is 14.0. The molecule has 20 heavy (non-hydrogen) atoms. The molecule has 9 nitrogen and oxygen atoms in total. The molecule has 0 aromatic carbocycles. The zero-order valence-corrected chi connectivity index (χ0v) is 11.8. The topological polar surface area (TPSA) is 118 Å². The van der Waals surface area contributed by atoms with Gasteiger partial charge in [-0.2, -0.15) is 0 Å². The zero-order chi connectivity index (χ0) is 14.9. The maximum atomic E-state index is 11.6. The predicted molar refractivity (Wildman–Crippen MR) is 71.9 cm³/mol. The predicted octanol–water partition coefficient (Wildman–Crippen LogP) is -0.822. The Morgan fingerprint density at radius 2 is 2.10 bits per heavy atom. The molecule has 0 saturated carbocycles. The van der Waals surface area contributed by atoms with Crippen molar-refractivity contribution in [2.24, 2.45) is 5.73 Å². The number of nitrogens with zero attached hydrogens (tertiary/aromatic N) is 4. The van der Waals surface area contributed by atoms with Crippen LogP contribution in [0.4, 0.5) is 11.9 Å². The molecule has 2 rings (SSSR count). The summed E-state index contributed by atoms with van der Waals surface area (Å²) < 4.78 is 6.55. The lowest BCUT2D eigenvalue weighted by molar-refractivity contribution is -0.468. The third kappa shape index (κ3) is 2.60. The molecule has 4 N–H and O–H groups in total. The Kier molecular flexibility index (Phi) is 3.68. The molecule has 1 aliphatic rings. The maximum absolute atomic E-state index is 11.6. The van der Waals surface area contributed by atoms with Crippen molar-refractivity contribution in [2.45, 2.75) is 32.9 Å². The van der Waals surface area contributed by atoms with Crippen LogP contribution in [0.15, 0.2) is 0 Å². The van der Waals surface area contributed by atoms with E-state index in [1.165, 1.54) is 11.7 Å². The van der Waals surface area contributed by atoms with E-state index in [0.717, 1.165) is 0 Å². The summed E-state index contributed by atoms with van der Waals surface area (Å²) in [5.41, 5.74) is 5.78. The third-order valence-electron chi connectivity index (χ3n) is 2.70. The first-order valence-corrected chi connectivity index (χ1v) is 6.21. The number of aromatic nitrogens is 3. The number of ether oxygens (including phenoxy) is 1. The van der Waals surface area contributed by atoms with E-state index in [-0.39, 0.29) is 29.9 Å². The Bertz CT molecular complexity index is 570. The van der Waals surface area contributed by atoms with Crippen LogP contribution in [0.1, 0.15) is 20.8 Å². The van der Waals surface area contributed by atoms with Crippen molar-refractivity contribution in [3.63, 3.8) is 0 Å². The van der Waals surface area contributed by atoms with Gasteiger partial charge in [0.1, 0.15) is 0 Å². The Morgan fingerprint density at radius 3 is 2.60 bits per heavy atom. The second-order valence-electron chi connectivity index (χ2n) is 4.67. The summed E-state index contributed by atoms with van der Waals surface area (Å²) in [6.45, 7) is 5.63. The molecule has 0 radical (unpaired) electrons. The molecule has 0 unspecified atom stereocenters. The van der Waals surface area contributed by atoms with E-state index in [2.05, 4.69) is 25.6 Å². The second-order valence-corrected chi connectivity index (χ2v) is 4.67. The highest BCUT2D eigenvalue weighted by Crippen LogP contribution is 2.17. The quantitative estimate of drug-likeness (QED) is 0.616.